The number of ether oxygens (including phenoxy) is 2. The smallest absolute Gasteiger partial charge is 0.418 e. The molecule has 4 heterocycles. The minimum absolute atomic E-state index is 0.00894. The van der Waals surface area contributed by atoms with Crippen LogP contribution in [0.1, 0.15) is 59.1 Å². The molecule has 2 aromatic heterocycles. The third kappa shape index (κ3) is 4.80. The van der Waals surface area contributed by atoms with Crippen molar-refractivity contribution in [3.8, 4) is 0 Å². The number of anilines is 1. The minimum atomic E-state index is -4.56. The van der Waals surface area contributed by atoms with E-state index in [4.69, 9.17) is 9.47 Å². The summed E-state index contributed by atoms with van der Waals surface area (Å²) >= 11 is 0. The topological polar surface area (TPSA) is 72.7 Å². The van der Waals surface area contributed by atoms with Gasteiger partial charge in [0.15, 0.2) is 0 Å². The second-order valence-electron chi connectivity index (χ2n) is 10.2. The van der Waals surface area contributed by atoms with Gasteiger partial charge in [0, 0.05) is 38.0 Å². The zero-order chi connectivity index (χ0) is 24.8. The van der Waals surface area contributed by atoms with Crippen LogP contribution in [0.15, 0.2) is 12.5 Å². The van der Waals surface area contributed by atoms with E-state index in [2.05, 4.69) is 9.97 Å². The molecule has 2 aliphatic rings. The number of piperazine rings is 1. The molecular weight excluding hydrogens is 451 g/mol. The zero-order valence-electron chi connectivity index (χ0n) is 20.2. The Morgan fingerprint density at radius 1 is 1.15 bits per heavy atom. The summed E-state index contributed by atoms with van der Waals surface area (Å²) in [7, 11) is 0. The molecule has 0 aliphatic carbocycles. The summed E-state index contributed by atoms with van der Waals surface area (Å²) in [5.74, 6) is 0.232. The van der Waals surface area contributed by atoms with Gasteiger partial charge in [-0.15, -0.1) is 0 Å². The Bertz CT molecular complexity index is 1040. The monoisotopic (exact) mass is 483 g/mol. The molecular formula is C23H32F3N5O3. The fourth-order valence-electron chi connectivity index (χ4n) is 4.72. The number of carbonyl (C=O) groups is 1. The third-order valence-corrected chi connectivity index (χ3v) is 6.31. The Morgan fingerprint density at radius 2 is 1.88 bits per heavy atom. The highest BCUT2D eigenvalue weighted by Gasteiger charge is 2.41. The van der Waals surface area contributed by atoms with E-state index in [1.807, 2.05) is 18.7 Å². The van der Waals surface area contributed by atoms with E-state index in [-0.39, 0.29) is 35.0 Å². The second-order valence-corrected chi connectivity index (χ2v) is 10.2. The quantitative estimate of drug-likeness (QED) is 0.620. The van der Waals surface area contributed by atoms with Crippen LogP contribution >= 0.6 is 0 Å². The van der Waals surface area contributed by atoms with Gasteiger partial charge >= 0.3 is 12.3 Å². The first-order chi connectivity index (χ1) is 15.9. The maximum Gasteiger partial charge on any atom is 0.418 e. The standard InChI is InChI=1S/C23H32F3N5O3/c1-14-10-30(21(32)34-22(3,4)5)15(2)9-29(14)19-18-17(23(24,25)26)11-31(20(18)28-13-27-19)16-7-6-8-33-12-16/h11,13-16H,6-10,12H2,1-5H3/t14-,15+,16+/m0/s1. The Balaban J connectivity index is 1.72. The number of hydrogen-bond acceptors (Lipinski definition) is 6. The Kier molecular flexibility index (Phi) is 6.43. The van der Waals surface area contributed by atoms with Gasteiger partial charge in [-0.1, -0.05) is 0 Å². The molecule has 0 unspecified atom stereocenters. The average Bonchev–Trinajstić information content (AvgIpc) is 3.15. The van der Waals surface area contributed by atoms with Crippen molar-refractivity contribution in [2.24, 2.45) is 0 Å². The lowest BCUT2D eigenvalue weighted by Gasteiger charge is -2.44. The van der Waals surface area contributed by atoms with Gasteiger partial charge in [0.1, 0.15) is 23.4 Å². The van der Waals surface area contributed by atoms with Crippen molar-refractivity contribution in [3.63, 3.8) is 0 Å². The van der Waals surface area contributed by atoms with Crippen LogP contribution in [0.4, 0.5) is 23.8 Å². The third-order valence-electron chi connectivity index (χ3n) is 6.31. The molecule has 0 saturated carbocycles. The van der Waals surface area contributed by atoms with Gasteiger partial charge in [-0.05, 0) is 47.5 Å². The normalized spacial score (nSPS) is 24.5. The highest BCUT2D eigenvalue weighted by atomic mass is 19.4. The van der Waals surface area contributed by atoms with E-state index in [1.54, 1.807) is 30.2 Å². The summed E-state index contributed by atoms with van der Waals surface area (Å²) < 4.78 is 55.1. The molecule has 1 amide bonds. The van der Waals surface area contributed by atoms with Crippen molar-refractivity contribution in [1.82, 2.24) is 19.4 Å². The predicted octanol–water partition coefficient (Wildman–Crippen LogP) is 4.64. The Labute approximate surface area is 197 Å². The van der Waals surface area contributed by atoms with Gasteiger partial charge < -0.3 is 23.8 Å². The Hall–Kier alpha value is -2.56. The Morgan fingerprint density at radius 3 is 2.50 bits per heavy atom. The van der Waals surface area contributed by atoms with Gasteiger partial charge in [-0.2, -0.15) is 13.2 Å². The van der Waals surface area contributed by atoms with Crippen molar-refractivity contribution in [1.29, 1.82) is 0 Å². The van der Waals surface area contributed by atoms with Crippen LogP contribution in [-0.4, -0.2) is 69.5 Å². The van der Waals surface area contributed by atoms with Crippen LogP contribution in [0.2, 0.25) is 0 Å². The number of carbonyl (C=O) groups excluding carboxylic acids is 1. The summed E-state index contributed by atoms with van der Waals surface area (Å²) in [6, 6.07) is -0.765. The number of aromatic nitrogens is 3. The lowest BCUT2D eigenvalue weighted by Crippen LogP contribution is -2.59. The number of halogens is 3. The number of nitrogens with zero attached hydrogens (tertiary/aromatic N) is 5. The molecule has 3 atom stereocenters. The van der Waals surface area contributed by atoms with E-state index in [0.29, 0.717) is 26.3 Å². The summed E-state index contributed by atoms with van der Waals surface area (Å²) in [5.41, 5.74) is -1.14. The minimum Gasteiger partial charge on any atom is -0.444 e. The van der Waals surface area contributed by atoms with Crippen LogP contribution in [0.25, 0.3) is 11.0 Å². The van der Waals surface area contributed by atoms with E-state index in [1.165, 1.54) is 6.33 Å². The van der Waals surface area contributed by atoms with Gasteiger partial charge in [-0.3, -0.25) is 0 Å². The van der Waals surface area contributed by atoms with Gasteiger partial charge in [-0.25, -0.2) is 14.8 Å². The summed E-state index contributed by atoms with van der Waals surface area (Å²) in [5, 5.41) is -0.00894. The molecule has 188 valence electrons. The summed E-state index contributed by atoms with van der Waals surface area (Å²) in [6.45, 7) is 10.7. The molecule has 0 N–H and O–H groups in total. The van der Waals surface area contributed by atoms with Crippen LogP contribution in [0, 0.1) is 0 Å². The zero-order valence-corrected chi connectivity index (χ0v) is 20.2. The van der Waals surface area contributed by atoms with E-state index < -0.39 is 23.4 Å². The maximum atomic E-state index is 14.2. The van der Waals surface area contributed by atoms with Crippen molar-refractivity contribution < 1.29 is 27.4 Å². The van der Waals surface area contributed by atoms with Crippen LogP contribution < -0.4 is 4.90 Å². The highest BCUT2D eigenvalue weighted by molar-refractivity contribution is 5.92. The summed E-state index contributed by atoms with van der Waals surface area (Å²) in [6.07, 6.45) is -1.03. The first-order valence-corrected chi connectivity index (χ1v) is 11.6. The van der Waals surface area contributed by atoms with Gasteiger partial charge in [0.05, 0.1) is 23.6 Å². The SMILES string of the molecule is C[C@@H]1CN(c2ncnc3c2c(C(F)(F)F)cn3[C@@H]2CCCOC2)[C@@H](C)CN1C(=O)OC(C)(C)C. The first-order valence-electron chi connectivity index (χ1n) is 11.6. The molecule has 2 aliphatic heterocycles. The molecule has 0 bridgehead atoms. The lowest BCUT2D eigenvalue weighted by molar-refractivity contribution is -0.136. The van der Waals surface area contributed by atoms with Crippen LogP contribution in [0.5, 0.6) is 0 Å². The van der Waals surface area contributed by atoms with Crippen molar-refractivity contribution >= 4 is 22.9 Å². The molecule has 11 heteroatoms. The fourth-order valence-corrected chi connectivity index (χ4v) is 4.72. The molecule has 2 fully saturated rings. The number of amides is 1. The highest BCUT2D eigenvalue weighted by Crippen LogP contribution is 2.41. The predicted molar refractivity (Wildman–Crippen MR) is 121 cm³/mol. The lowest BCUT2D eigenvalue weighted by atomic mass is 10.1. The largest absolute Gasteiger partial charge is 0.444 e. The number of rotatable bonds is 2. The van der Waals surface area contributed by atoms with Crippen LogP contribution in [0.3, 0.4) is 0 Å². The van der Waals surface area contributed by atoms with Gasteiger partial charge in [0.25, 0.3) is 0 Å². The molecule has 4 rings (SSSR count). The molecule has 0 spiro atoms. The number of fused-ring (bicyclic) bond motifs is 1. The molecule has 8 nitrogen and oxygen atoms in total. The molecule has 2 saturated heterocycles. The molecule has 0 aromatic carbocycles. The van der Waals surface area contributed by atoms with Crippen molar-refractivity contribution in [2.45, 2.75) is 77.4 Å². The van der Waals surface area contributed by atoms with Crippen molar-refractivity contribution in [2.75, 3.05) is 31.2 Å². The van der Waals surface area contributed by atoms with E-state index in [0.717, 1.165) is 19.0 Å². The molecule has 34 heavy (non-hydrogen) atoms. The van der Waals surface area contributed by atoms with Gasteiger partial charge in [0.2, 0.25) is 0 Å². The molecule has 0 radical (unpaired) electrons. The second kappa shape index (κ2) is 8.90. The van der Waals surface area contributed by atoms with E-state index >= 15 is 0 Å². The average molecular weight is 484 g/mol. The maximum absolute atomic E-state index is 14.2. The van der Waals surface area contributed by atoms with Crippen LogP contribution in [-0.2, 0) is 15.7 Å². The summed E-state index contributed by atoms with van der Waals surface area (Å²) in [4.78, 5) is 24.7. The molecule has 2 aromatic rings. The number of alkyl halides is 3. The first kappa shape index (κ1) is 24.6. The van der Waals surface area contributed by atoms with E-state index in [9.17, 15) is 18.0 Å². The van der Waals surface area contributed by atoms with Crippen molar-refractivity contribution in [3.05, 3.63) is 18.1 Å². The fraction of sp³-hybridized carbons (Fsp3) is 0.696. The number of hydrogen-bond donors (Lipinski definition) is 0.